The van der Waals surface area contributed by atoms with Gasteiger partial charge < -0.3 is 25.2 Å². The number of amides is 3. The molecule has 0 radical (unpaired) electrons. The first-order chi connectivity index (χ1) is 20.6. The summed E-state index contributed by atoms with van der Waals surface area (Å²) in [6.07, 6.45) is 1.42. The second-order valence-corrected chi connectivity index (χ2v) is 11.4. The van der Waals surface area contributed by atoms with Gasteiger partial charge in [-0.3, -0.25) is 10.1 Å². The fourth-order valence-corrected chi connectivity index (χ4v) is 4.53. The number of hydrogen-bond acceptors (Lipinski definition) is 8. The summed E-state index contributed by atoms with van der Waals surface area (Å²) in [5.74, 6) is 2.07. The van der Waals surface area contributed by atoms with Crippen LogP contribution < -0.4 is 20.7 Å². The van der Waals surface area contributed by atoms with Gasteiger partial charge in [-0.15, -0.1) is 0 Å². The Hall–Kier alpha value is -4.97. The van der Waals surface area contributed by atoms with Crippen molar-refractivity contribution in [2.45, 2.75) is 26.2 Å². The maximum atomic E-state index is 13.3. The van der Waals surface area contributed by atoms with Crippen LogP contribution in [0, 0.1) is 0 Å². The molecule has 0 bridgehead atoms. The summed E-state index contributed by atoms with van der Waals surface area (Å²) in [5.41, 5.74) is 2.37. The molecule has 1 fully saturated rings. The lowest BCUT2D eigenvalue weighted by Gasteiger charge is -2.32. The molecular weight excluding hydrogens is 546 g/mol. The molecule has 0 spiro atoms. The fraction of sp³-hybridized carbons (Fsp3) is 0.323. The van der Waals surface area contributed by atoms with E-state index >= 15 is 0 Å². The third-order valence-electron chi connectivity index (χ3n) is 7.08. The van der Waals surface area contributed by atoms with Crippen molar-refractivity contribution >= 4 is 29.3 Å². The van der Waals surface area contributed by atoms with Gasteiger partial charge in [-0.25, -0.2) is 19.4 Å². The number of carbonyl (C=O) groups is 2. The van der Waals surface area contributed by atoms with E-state index < -0.39 is 6.03 Å². The van der Waals surface area contributed by atoms with Crippen LogP contribution in [-0.4, -0.2) is 81.8 Å². The van der Waals surface area contributed by atoms with E-state index in [1.54, 1.807) is 42.1 Å². The second-order valence-electron chi connectivity index (χ2n) is 11.4. The zero-order valence-electron chi connectivity index (χ0n) is 25.1. The summed E-state index contributed by atoms with van der Waals surface area (Å²) in [4.78, 5) is 38.6. The maximum absolute atomic E-state index is 13.3. The molecule has 0 atom stereocenters. The van der Waals surface area contributed by atoms with E-state index in [1.165, 1.54) is 6.33 Å². The predicted molar refractivity (Wildman–Crippen MR) is 166 cm³/mol. The van der Waals surface area contributed by atoms with Crippen LogP contribution in [0.25, 0.3) is 5.69 Å². The number of piperazine rings is 1. The summed E-state index contributed by atoms with van der Waals surface area (Å²) in [7, 11) is 3.82. The van der Waals surface area contributed by atoms with Gasteiger partial charge in [0.25, 0.3) is 5.91 Å². The topological polar surface area (TPSA) is 130 Å². The molecule has 2 aromatic heterocycles. The van der Waals surface area contributed by atoms with Crippen LogP contribution in [0.3, 0.4) is 0 Å². The van der Waals surface area contributed by atoms with Crippen molar-refractivity contribution in [1.29, 1.82) is 0 Å². The van der Waals surface area contributed by atoms with Crippen LogP contribution in [-0.2, 0) is 5.41 Å². The van der Waals surface area contributed by atoms with Crippen molar-refractivity contribution in [2.75, 3.05) is 56.2 Å². The van der Waals surface area contributed by atoms with Gasteiger partial charge in [0.1, 0.15) is 23.7 Å². The van der Waals surface area contributed by atoms with Gasteiger partial charge in [0.05, 0.1) is 11.4 Å². The number of rotatable bonds is 7. The number of hydrogen-bond donors (Lipinski definition) is 3. The number of aromatic nitrogens is 4. The van der Waals surface area contributed by atoms with Crippen LogP contribution in [0.15, 0.2) is 67.0 Å². The molecule has 1 aliphatic heterocycles. The molecule has 1 saturated heterocycles. The molecule has 4 aromatic rings. The average Bonchev–Trinajstić information content (AvgIpc) is 3.43. The smallest absolute Gasteiger partial charge is 0.324 e. The molecule has 3 amide bonds. The molecular formula is C31H37N9O3. The Kier molecular flexibility index (Phi) is 8.58. The molecule has 0 unspecified atom stereocenters. The van der Waals surface area contributed by atoms with Crippen LogP contribution in [0.4, 0.5) is 22.1 Å². The van der Waals surface area contributed by atoms with E-state index in [-0.39, 0.29) is 11.3 Å². The van der Waals surface area contributed by atoms with E-state index in [2.05, 4.69) is 58.6 Å². The summed E-state index contributed by atoms with van der Waals surface area (Å²) >= 11 is 0. The lowest BCUT2D eigenvalue weighted by atomic mass is 9.92. The van der Waals surface area contributed by atoms with Crippen molar-refractivity contribution in [3.8, 4) is 17.3 Å². The molecule has 12 nitrogen and oxygen atoms in total. The summed E-state index contributed by atoms with van der Waals surface area (Å²) in [5, 5.41) is 13.5. The van der Waals surface area contributed by atoms with Crippen LogP contribution in [0.2, 0.25) is 0 Å². The second kappa shape index (κ2) is 12.5. The summed E-state index contributed by atoms with van der Waals surface area (Å²) < 4.78 is 7.45. The van der Waals surface area contributed by atoms with Gasteiger partial charge in [-0.2, -0.15) is 5.10 Å². The highest BCUT2D eigenvalue weighted by molar-refractivity contribution is 5.99. The molecule has 224 valence electrons. The summed E-state index contributed by atoms with van der Waals surface area (Å²) in [6.45, 7) is 9.24. The highest BCUT2D eigenvalue weighted by atomic mass is 16.5. The normalized spacial score (nSPS) is 13.8. The van der Waals surface area contributed by atoms with Crippen molar-refractivity contribution in [3.63, 3.8) is 0 Å². The third kappa shape index (κ3) is 7.28. The Balaban J connectivity index is 1.31. The van der Waals surface area contributed by atoms with Crippen molar-refractivity contribution in [1.82, 2.24) is 29.5 Å². The predicted octanol–water partition coefficient (Wildman–Crippen LogP) is 4.83. The van der Waals surface area contributed by atoms with Gasteiger partial charge in [-0.05, 0) is 49.5 Å². The van der Waals surface area contributed by atoms with Gasteiger partial charge in [0, 0.05) is 62.0 Å². The fourth-order valence-electron chi connectivity index (χ4n) is 4.53. The Morgan fingerprint density at radius 1 is 0.907 bits per heavy atom. The molecule has 12 heteroatoms. The first kappa shape index (κ1) is 29.5. The lowest BCUT2D eigenvalue weighted by molar-refractivity contribution is 0.0664. The maximum Gasteiger partial charge on any atom is 0.324 e. The largest absolute Gasteiger partial charge is 0.439 e. The molecule has 3 N–H and O–H groups in total. The van der Waals surface area contributed by atoms with Crippen LogP contribution in [0.1, 0.15) is 36.8 Å². The number of urea groups is 1. The van der Waals surface area contributed by atoms with Gasteiger partial charge in [0.15, 0.2) is 0 Å². The molecule has 0 aliphatic carbocycles. The SMILES string of the molecule is CNc1cc(Oc2ccc(NC(=O)Nc3cc(C(C)(C)C)nn3-c3cccc(C(=O)N4CCN(C)CC4)c3)cc2)ncn1. The zero-order valence-corrected chi connectivity index (χ0v) is 25.1. The molecule has 3 heterocycles. The van der Waals surface area contributed by atoms with Crippen LogP contribution in [0.5, 0.6) is 11.6 Å². The Labute approximate surface area is 251 Å². The van der Waals surface area contributed by atoms with Gasteiger partial charge in [0.2, 0.25) is 5.88 Å². The number of nitrogens with one attached hydrogen (secondary N) is 3. The average molecular weight is 584 g/mol. The first-order valence-electron chi connectivity index (χ1n) is 14.1. The van der Waals surface area contributed by atoms with Crippen LogP contribution >= 0.6 is 0 Å². The molecule has 43 heavy (non-hydrogen) atoms. The molecule has 5 rings (SSSR count). The highest BCUT2D eigenvalue weighted by Gasteiger charge is 2.24. The Morgan fingerprint density at radius 3 is 2.35 bits per heavy atom. The standard InChI is InChI=1S/C31H37N9O3/c1-31(2,3)25-18-27(40(37-25)23-8-6-7-21(17-23)29(41)39-15-13-38(5)14-16-39)36-30(42)35-22-9-11-24(12-10-22)43-28-19-26(32-4)33-20-34-28/h6-12,17-20H,13-16H2,1-5H3,(H,32,33,34)(H2,35,36,42). The number of anilines is 3. The Morgan fingerprint density at radius 2 is 1.65 bits per heavy atom. The quantitative estimate of drug-likeness (QED) is 0.282. The number of benzene rings is 2. The van der Waals surface area contributed by atoms with Gasteiger partial charge >= 0.3 is 6.03 Å². The van der Waals surface area contributed by atoms with Gasteiger partial charge in [-0.1, -0.05) is 26.8 Å². The minimum atomic E-state index is -0.436. The Bertz CT molecular complexity index is 1590. The number of carbonyl (C=O) groups excluding carboxylic acids is 2. The first-order valence-corrected chi connectivity index (χ1v) is 14.1. The van der Waals surface area contributed by atoms with E-state index in [0.717, 1.165) is 18.8 Å². The van der Waals surface area contributed by atoms with Crippen molar-refractivity contribution in [2.24, 2.45) is 0 Å². The zero-order chi connectivity index (χ0) is 30.6. The van der Waals surface area contributed by atoms with E-state index in [1.807, 2.05) is 35.2 Å². The molecule has 0 saturated carbocycles. The van der Waals surface area contributed by atoms with E-state index in [4.69, 9.17) is 9.84 Å². The highest BCUT2D eigenvalue weighted by Crippen LogP contribution is 2.28. The number of ether oxygens (including phenoxy) is 1. The summed E-state index contributed by atoms with van der Waals surface area (Å²) in [6, 6.07) is 17.4. The van der Waals surface area contributed by atoms with Crippen molar-refractivity contribution in [3.05, 3.63) is 78.2 Å². The van der Waals surface area contributed by atoms with Crippen molar-refractivity contribution < 1.29 is 14.3 Å². The molecule has 2 aromatic carbocycles. The third-order valence-corrected chi connectivity index (χ3v) is 7.08. The number of likely N-dealkylation sites (N-methyl/N-ethyl adjacent to an activating group) is 1. The minimum absolute atomic E-state index is 0.0139. The van der Waals surface area contributed by atoms with E-state index in [0.29, 0.717) is 53.3 Å². The monoisotopic (exact) mass is 583 g/mol. The molecule has 1 aliphatic rings. The lowest BCUT2D eigenvalue weighted by Crippen LogP contribution is -2.47. The van der Waals surface area contributed by atoms with E-state index in [9.17, 15) is 9.59 Å². The minimum Gasteiger partial charge on any atom is -0.439 e. The number of nitrogens with zero attached hydrogens (tertiary/aromatic N) is 6.